The number of aryl methyl sites for hydroxylation is 2. The van der Waals surface area contributed by atoms with E-state index in [1.165, 1.54) is 41.5 Å². The van der Waals surface area contributed by atoms with E-state index in [1.807, 2.05) is 68.4 Å². The minimum absolute atomic E-state index is 0. The van der Waals surface area contributed by atoms with E-state index >= 15 is 0 Å². The van der Waals surface area contributed by atoms with Gasteiger partial charge in [-0.25, -0.2) is 20.8 Å². The molecule has 0 spiro atoms. The minimum atomic E-state index is -3.66. The van der Waals surface area contributed by atoms with Crippen LogP contribution in [0.25, 0.3) is 43.6 Å². The number of benzene rings is 6. The number of aromatic amines is 1. The summed E-state index contributed by atoms with van der Waals surface area (Å²) in [5.41, 5.74) is 5.88. The molecule has 0 aliphatic heterocycles. The van der Waals surface area contributed by atoms with Gasteiger partial charge < -0.3 is 10.5 Å². The van der Waals surface area contributed by atoms with E-state index in [-0.39, 0.29) is 61.8 Å². The van der Waals surface area contributed by atoms with Gasteiger partial charge in [-0.15, -0.1) is 0 Å². The van der Waals surface area contributed by atoms with Gasteiger partial charge in [-0.2, -0.15) is 0 Å². The second-order valence-corrected chi connectivity index (χ2v) is 18.2. The maximum atomic E-state index is 13.3. The number of nitrogens with one attached hydrogen (secondary N) is 1. The molecule has 0 atom stereocenters. The van der Waals surface area contributed by atoms with Crippen molar-refractivity contribution in [3.05, 3.63) is 152 Å². The summed E-state index contributed by atoms with van der Waals surface area (Å²) in [6.07, 6.45) is 0. The van der Waals surface area contributed by atoms with Crippen molar-refractivity contribution in [2.75, 3.05) is 0 Å². The summed E-state index contributed by atoms with van der Waals surface area (Å²) < 4.78 is 51.8. The third kappa shape index (κ3) is 9.46. The van der Waals surface area contributed by atoms with Crippen molar-refractivity contribution in [2.45, 2.75) is 23.6 Å². The number of rotatable bonds is 3. The van der Waals surface area contributed by atoms with Crippen molar-refractivity contribution in [1.29, 1.82) is 0 Å². The standard InChI is InChI=1S/C19H14INO2S.C12H8IN.C7H7ClO2S.K.H2O/c1-13-6-9-15(10-7-13)24(22,23)21-18-5-3-2-4-16(18)17-12-14(20)8-11-19(17)21;13-8-5-6-12-10(7-8)9-3-1-2-4-11(9)14-12;1-6-2-4-7(5-3-6)11(8,9)10;;/h2-12H,1H3;1-7,14H;2-5H,1H3;;1H2/q;;;+1;/p-1. The molecule has 2 aromatic heterocycles. The summed E-state index contributed by atoms with van der Waals surface area (Å²) in [5, 5.41) is 4.52. The van der Waals surface area contributed by atoms with Crippen LogP contribution in [0.15, 0.2) is 143 Å². The van der Waals surface area contributed by atoms with Crippen molar-refractivity contribution >= 4 is 119 Å². The Balaban J connectivity index is 0.000000184. The number of hydrogen-bond acceptors (Lipinski definition) is 5. The molecule has 0 amide bonds. The summed E-state index contributed by atoms with van der Waals surface area (Å²) in [7, 11) is -2.13. The van der Waals surface area contributed by atoms with Crippen molar-refractivity contribution in [1.82, 2.24) is 8.96 Å². The first-order valence-electron chi connectivity index (χ1n) is 15.0. The molecule has 0 aliphatic carbocycles. The number of nitrogens with zero attached hydrogens (tertiary/aromatic N) is 1. The quantitative estimate of drug-likeness (QED) is 0.111. The average molecular weight is 987 g/mol. The van der Waals surface area contributed by atoms with Gasteiger partial charge in [0.2, 0.25) is 0 Å². The maximum Gasteiger partial charge on any atom is 1.00 e. The number of para-hydroxylation sites is 2. The maximum absolute atomic E-state index is 13.3. The first-order chi connectivity index (χ1) is 23.3. The van der Waals surface area contributed by atoms with Crippen LogP contribution in [0.5, 0.6) is 0 Å². The first-order valence-corrected chi connectivity index (χ1v) is 20.9. The summed E-state index contributed by atoms with van der Waals surface area (Å²) >= 11 is 4.59. The molecule has 0 fully saturated rings. The van der Waals surface area contributed by atoms with Crippen LogP contribution in [0.3, 0.4) is 0 Å². The van der Waals surface area contributed by atoms with Crippen molar-refractivity contribution in [3.63, 3.8) is 0 Å². The summed E-state index contributed by atoms with van der Waals surface area (Å²) in [6, 6.07) is 41.7. The van der Waals surface area contributed by atoms with Crippen LogP contribution in [-0.4, -0.2) is 31.3 Å². The fraction of sp³-hybridized carbons (Fsp3) is 0.0526. The first kappa shape index (κ1) is 41.9. The van der Waals surface area contributed by atoms with Gasteiger partial charge in [0.05, 0.1) is 20.8 Å². The zero-order valence-electron chi connectivity index (χ0n) is 27.7. The van der Waals surface area contributed by atoms with Crippen LogP contribution in [0.4, 0.5) is 0 Å². The van der Waals surface area contributed by atoms with Crippen molar-refractivity contribution < 1.29 is 73.7 Å². The Labute approximate surface area is 371 Å². The SMILES string of the molecule is Cc1ccc(S(=O)(=O)Cl)cc1.Cc1ccc(S(=O)(=O)n2c3ccccc3c3cc(I)ccc32)cc1.Ic1ccc2[nH]c3ccccc3c2c1.[K+].[OH-]. The van der Waals surface area contributed by atoms with Gasteiger partial charge in [-0.1, -0.05) is 71.8 Å². The number of hydrogen-bond donors (Lipinski definition) is 1. The minimum Gasteiger partial charge on any atom is -0.870 e. The number of halogens is 3. The van der Waals surface area contributed by atoms with E-state index < -0.39 is 19.1 Å². The van der Waals surface area contributed by atoms with Gasteiger partial charge in [0.1, 0.15) is 0 Å². The molecule has 0 saturated carbocycles. The smallest absolute Gasteiger partial charge is 0.870 e. The molecule has 0 unspecified atom stereocenters. The van der Waals surface area contributed by atoms with Crippen LogP contribution in [-0.2, 0) is 19.1 Å². The van der Waals surface area contributed by atoms with Gasteiger partial charge in [-0.3, -0.25) is 0 Å². The molecule has 13 heteroatoms. The van der Waals surface area contributed by atoms with Gasteiger partial charge in [0, 0.05) is 50.4 Å². The predicted octanol–water partition coefficient (Wildman–Crippen LogP) is 7.62. The Morgan fingerprint density at radius 3 is 1.63 bits per heavy atom. The molecule has 7 nitrogen and oxygen atoms in total. The second-order valence-electron chi connectivity index (χ2n) is 11.4. The summed E-state index contributed by atoms with van der Waals surface area (Å²) in [6.45, 7) is 3.82. The molecule has 0 radical (unpaired) electrons. The second kappa shape index (κ2) is 17.5. The van der Waals surface area contributed by atoms with E-state index in [0.29, 0.717) is 15.9 Å². The van der Waals surface area contributed by atoms with E-state index in [0.717, 1.165) is 25.5 Å². The molecule has 2 N–H and O–H groups in total. The molecular weight excluding hydrogens is 957 g/mol. The monoisotopic (exact) mass is 986 g/mol. The van der Waals surface area contributed by atoms with E-state index in [4.69, 9.17) is 10.7 Å². The van der Waals surface area contributed by atoms with E-state index in [9.17, 15) is 16.8 Å². The van der Waals surface area contributed by atoms with Gasteiger partial charge >= 0.3 is 51.4 Å². The molecule has 8 aromatic rings. The number of aromatic nitrogens is 2. The van der Waals surface area contributed by atoms with E-state index in [2.05, 4.69) is 92.6 Å². The third-order valence-electron chi connectivity index (χ3n) is 7.92. The molecule has 6 aromatic carbocycles. The van der Waals surface area contributed by atoms with Crippen molar-refractivity contribution in [3.8, 4) is 0 Å². The molecule has 8 rings (SSSR count). The van der Waals surface area contributed by atoms with Crippen LogP contribution >= 0.6 is 55.9 Å². The Kier molecular flexibility index (Phi) is 14.4. The molecule has 2 heterocycles. The van der Waals surface area contributed by atoms with Gasteiger partial charge in [0.25, 0.3) is 19.1 Å². The zero-order chi connectivity index (χ0) is 34.9. The van der Waals surface area contributed by atoms with Crippen LogP contribution in [0, 0.1) is 21.0 Å². The average Bonchev–Trinajstić information content (AvgIpc) is 3.61. The van der Waals surface area contributed by atoms with Crippen LogP contribution in [0.1, 0.15) is 11.1 Å². The normalized spacial score (nSPS) is 11.2. The van der Waals surface area contributed by atoms with E-state index in [1.54, 1.807) is 24.3 Å². The topological polar surface area (TPSA) is 119 Å². The number of fused-ring (bicyclic) bond motifs is 6. The van der Waals surface area contributed by atoms with Crippen LogP contribution in [0.2, 0.25) is 0 Å². The molecule has 0 aliphatic rings. The third-order valence-corrected chi connectivity index (χ3v) is 12.4. The fourth-order valence-corrected chi connectivity index (χ4v) is 8.78. The molecule has 0 saturated heterocycles. The van der Waals surface area contributed by atoms with Gasteiger partial charge in [0.15, 0.2) is 0 Å². The van der Waals surface area contributed by atoms with Crippen LogP contribution < -0.4 is 51.4 Å². The Hall–Kier alpha value is -1.83. The Morgan fingerprint density at radius 2 is 1.02 bits per heavy atom. The van der Waals surface area contributed by atoms with Gasteiger partial charge in [-0.05, 0) is 132 Å². The molecule has 0 bridgehead atoms. The predicted molar refractivity (Wildman–Crippen MR) is 221 cm³/mol. The number of H-pyrrole nitrogens is 1. The molecule has 51 heavy (non-hydrogen) atoms. The largest absolute Gasteiger partial charge is 1.00 e. The van der Waals surface area contributed by atoms with Crippen molar-refractivity contribution in [2.24, 2.45) is 0 Å². The molecular formula is C38H30ClI2KN2O5S2. The molecule has 256 valence electrons. The Bertz CT molecular complexity index is 2700. The summed E-state index contributed by atoms with van der Waals surface area (Å²) in [5.74, 6) is 0. The fourth-order valence-electron chi connectivity index (χ4n) is 5.51. The zero-order valence-corrected chi connectivity index (χ0v) is 37.5. The summed E-state index contributed by atoms with van der Waals surface area (Å²) in [4.78, 5) is 3.85. The Morgan fingerprint density at radius 1 is 0.549 bits per heavy atom.